The van der Waals surface area contributed by atoms with Gasteiger partial charge in [-0.3, -0.25) is 9.52 Å². The van der Waals surface area contributed by atoms with Crippen molar-refractivity contribution < 1.29 is 17.6 Å². The standard InChI is InChI=1S/C22H25FN2O3S/c1-3-25-21(26)10-14(2)19-11-18(12-20(23)22(19)25)24-29(27,28)13-15-4-6-16(7-5-15)17-8-9-17/h4-7,11-12,14,17,24H,3,8-10,13H2,1-2H3. The Labute approximate surface area is 171 Å². The van der Waals surface area contributed by atoms with Gasteiger partial charge in [0, 0.05) is 19.0 Å². The van der Waals surface area contributed by atoms with Crippen molar-refractivity contribution in [3.05, 3.63) is 58.9 Å². The Balaban J connectivity index is 1.56. The van der Waals surface area contributed by atoms with Gasteiger partial charge in [0.25, 0.3) is 0 Å². The van der Waals surface area contributed by atoms with Crippen molar-refractivity contribution in [2.45, 2.75) is 50.7 Å². The molecule has 1 N–H and O–H groups in total. The van der Waals surface area contributed by atoms with Crippen molar-refractivity contribution in [2.24, 2.45) is 0 Å². The summed E-state index contributed by atoms with van der Waals surface area (Å²) in [6, 6.07) is 10.4. The Morgan fingerprint density at radius 2 is 1.86 bits per heavy atom. The maximum Gasteiger partial charge on any atom is 0.236 e. The second-order valence-electron chi connectivity index (χ2n) is 8.02. The van der Waals surface area contributed by atoms with Crippen LogP contribution in [0.15, 0.2) is 36.4 Å². The van der Waals surface area contributed by atoms with Gasteiger partial charge in [0.2, 0.25) is 15.9 Å². The first-order chi connectivity index (χ1) is 13.8. The molecule has 0 radical (unpaired) electrons. The number of carbonyl (C=O) groups is 1. The summed E-state index contributed by atoms with van der Waals surface area (Å²) in [5.41, 5.74) is 3.04. The topological polar surface area (TPSA) is 66.5 Å². The number of rotatable bonds is 6. The van der Waals surface area contributed by atoms with E-state index in [4.69, 9.17) is 0 Å². The molecule has 1 saturated carbocycles. The first kappa shape index (κ1) is 19.9. The molecule has 154 valence electrons. The van der Waals surface area contributed by atoms with Crippen LogP contribution in [0.2, 0.25) is 0 Å². The molecule has 1 atom stereocenters. The quantitative estimate of drug-likeness (QED) is 0.754. The van der Waals surface area contributed by atoms with Gasteiger partial charge in [-0.25, -0.2) is 12.8 Å². The Bertz CT molecular complexity index is 1050. The Morgan fingerprint density at radius 1 is 1.17 bits per heavy atom. The SMILES string of the molecule is CCN1C(=O)CC(C)c2cc(NS(=O)(=O)Cc3ccc(C4CC4)cc3)cc(F)c21. The zero-order valence-electron chi connectivity index (χ0n) is 16.6. The van der Waals surface area contributed by atoms with Gasteiger partial charge >= 0.3 is 0 Å². The highest BCUT2D eigenvalue weighted by atomic mass is 32.2. The Kier molecular flexibility index (Phi) is 5.11. The number of hydrogen-bond acceptors (Lipinski definition) is 3. The van der Waals surface area contributed by atoms with E-state index in [0.717, 1.165) is 6.07 Å². The van der Waals surface area contributed by atoms with Gasteiger partial charge < -0.3 is 4.90 Å². The normalized spacial score (nSPS) is 19.2. The first-order valence-corrected chi connectivity index (χ1v) is 11.7. The summed E-state index contributed by atoms with van der Waals surface area (Å²) in [7, 11) is -3.69. The lowest BCUT2D eigenvalue weighted by Gasteiger charge is -2.32. The Morgan fingerprint density at radius 3 is 2.48 bits per heavy atom. The van der Waals surface area contributed by atoms with Crippen LogP contribution in [-0.2, 0) is 20.6 Å². The number of halogens is 1. The van der Waals surface area contributed by atoms with Crippen molar-refractivity contribution in [2.75, 3.05) is 16.2 Å². The average Bonchev–Trinajstić information content (AvgIpc) is 3.48. The predicted octanol–water partition coefficient (Wildman–Crippen LogP) is 4.51. The molecule has 1 aliphatic carbocycles. The minimum Gasteiger partial charge on any atom is -0.310 e. The van der Waals surface area contributed by atoms with Crippen molar-refractivity contribution in [3.8, 4) is 0 Å². The number of fused-ring (bicyclic) bond motifs is 1. The monoisotopic (exact) mass is 416 g/mol. The molecule has 0 saturated heterocycles. The van der Waals surface area contributed by atoms with Crippen molar-refractivity contribution in [3.63, 3.8) is 0 Å². The van der Waals surface area contributed by atoms with Crippen LogP contribution in [0.3, 0.4) is 0 Å². The summed E-state index contributed by atoms with van der Waals surface area (Å²) in [5, 5.41) is 0. The highest BCUT2D eigenvalue weighted by molar-refractivity contribution is 7.91. The van der Waals surface area contributed by atoms with Crippen molar-refractivity contribution >= 4 is 27.3 Å². The van der Waals surface area contributed by atoms with E-state index >= 15 is 0 Å². The van der Waals surface area contributed by atoms with Crippen LogP contribution in [0, 0.1) is 5.82 Å². The van der Waals surface area contributed by atoms with Crippen molar-refractivity contribution in [1.82, 2.24) is 0 Å². The van der Waals surface area contributed by atoms with Gasteiger partial charge in [-0.05, 0) is 54.4 Å². The van der Waals surface area contributed by atoms with E-state index in [2.05, 4.69) is 4.72 Å². The molecule has 1 fully saturated rings. The lowest BCUT2D eigenvalue weighted by molar-refractivity contribution is -0.119. The van der Waals surface area contributed by atoms with E-state index in [1.54, 1.807) is 13.0 Å². The molecule has 0 bridgehead atoms. The van der Waals surface area contributed by atoms with E-state index in [1.165, 1.54) is 23.3 Å². The van der Waals surface area contributed by atoms with Crippen LogP contribution in [0.1, 0.15) is 61.6 Å². The third-order valence-electron chi connectivity index (χ3n) is 5.65. The summed E-state index contributed by atoms with van der Waals surface area (Å²) in [6.45, 7) is 4.02. The maximum atomic E-state index is 14.8. The Hall–Kier alpha value is -2.41. The van der Waals surface area contributed by atoms with Crippen LogP contribution in [0.4, 0.5) is 15.8 Å². The fraction of sp³-hybridized carbons (Fsp3) is 0.409. The molecule has 2 aromatic carbocycles. The first-order valence-electron chi connectivity index (χ1n) is 10.0. The van der Waals surface area contributed by atoms with Gasteiger partial charge in [0.15, 0.2) is 0 Å². The number of benzene rings is 2. The molecule has 29 heavy (non-hydrogen) atoms. The zero-order chi connectivity index (χ0) is 20.8. The second kappa shape index (κ2) is 7.44. The molecule has 5 nitrogen and oxygen atoms in total. The molecular formula is C22H25FN2O3S. The highest BCUT2D eigenvalue weighted by Gasteiger charge is 2.31. The molecule has 1 aliphatic heterocycles. The van der Waals surface area contributed by atoms with Gasteiger partial charge in [-0.1, -0.05) is 31.2 Å². The van der Waals surface area contributed by atoms with Crippen LogP contribution < -0.4 is 9.62 Å². The van der Waals surface area contributed by atoms with Crippen LogP contribution >= 0.6 is 0 Å². The van der Waals surface area contributed by atoms with Crippen LogP contribution in [-0.4, -0.2) is 20.9 Å². The lowest BCUT2D eigenvalue weighted by Crippen LogP contribution is -2.36. The molecule has 2 aliphatic rings. The lowest BCUT2D eigenvalue weighted by atomic mass is 9.90. The third-order valence-corrected chi connectivity index (χ3v) is 6.91. The zero-order valence-corrected chi connectivity index (χ0v) is 17.4. The molecule has 0 spiro atoms. The molecule has 1 amide bonds. The number of nitrogens with one attached hydrogen (secondary N) is 1. The van der Waals surface area contributed by atoms with Gasteiger partial charge in [-0.2, -0.15) is 0 Å². The average molecular weight is 417 g/mol. The fourth-order valence-electron chi connectivity index (χ4n) is 4.02. The summed E-state index contributed by atoms with van der Waals surface area (Å²) in [4.78, 5) is 13.6. The number of sulfonamides is 1. The second-order valence-corrected chi connectivity index (χ2v) is 9.74. The van der Waals surface area contributed by atoms with Gasteiger partial charge in [-0.15, -0.1) is 0 Å². The third kappa shape index (κ3) is 4.15. The smallest absolute Gasteiger partial charge is 0.236 e. The largest absolute Gasteiger partial charge is 0.310 e. The maximum absolute atomic E-state index is 14.8. The number of nitrogens with zero attached hydrogens (tertiary/aromatic N) is 1. The van der Waals surface area contributed by atoms with Crippen LogP contribution in [0.25, 0.3) is 0 Å². The number of carbonyl (C=O) groups excluding carboxylic acids is 1. The predicted molar refractivity (Wildman–Crippen MR) is 112 cm³/mol. The fourth-order valence-corrected chi connectivity index (χ4v) is 5.20. The summed E-state index contributed by atoms with van der Waals surface area (Å²) in [6.07, 6.45) is 2.68. The summed E-state index contributed by atoms with van der Waals surface area (Å²) >= 11 is 0. The molecular weight excluding hydrogens is 391 g/mol. The molecule has 2 aromatic rings. The van der Waals surface area contributed by atoms with E-state index in [1.807, 2.05) is 31.2 Å². The number of amides is 1. The molecule has 4 rings (SSSR count). The van der Waals surface area contributed by atoms with Gasteiger partial charge in [0.05, 0.1) is 17.1 Å². The summed E-state index contributed by atoms with van der Waals surface area (Å²) < 4.78 is 42.6. The minimum absolute atomic E-state index is 0.116. The molecule has 0 aromatic heterocycles. The van der Waals surface area contributed by atoms with E-state index in [-0.39, 0.29) is 35.4 Å². The van der Waals surface area contributed by atoms with Crippen molar-refractivity contribution in [1.29, 1.82) is 0 Å². The van der Waals surface area contributed by atoms with Gasteiger partial charge in [0.1, 0.15) is 5.82 Å². The molecule has 1 unspecified atom stereocenters. The van der Waals surface area contributed by atoms with E-state index in [9.17, 15) is 17.6 Å². The molecule has 1 heterocycles. The summed E-state index contributed by atoms with van der Waals surface area (Å²) in [5.74, 6) is -0.431. The molecule has 7 heteroatoms. The van der Waals surface area contributed by atoms with E-state index < -0.39 is 15.8 Å². The number of hydrogen-bond donors (Lipinski definition) is 1. The minimum atomic E-state index is -3.69. The number of anilines is 2. The van der Waals surface area contributed by atoms with Crippen LogP contribution in [0.5, 0.6) is 0 Å². The highest BCUT2D eigenvalue weighted by Crippen LogP contribution is 2.41. The van der Waals surface area contributed by atoms with E-state index in [0.29, 0.717) is 23.6 Å².